The fraction of sp³-hybridized carbons (Fsp3) is 0.480. The number of hydrogen-bond acceptors (Lipinski definition) is 3. The van der Waals surface area contributed by atoms with Crippen molar-refractivity contribution in [1.29, 1.82) is 0 Å². The van der Waals surface area contributed by atoms with Gasteiger partial charge in [-0.3, -0.25) is 14.6 Å². The minimum absolute atomic E-state index is 0.0389. The highest BCUT2D eigenvalue weighted by molar-refractivity contribution is 6.30. The van der Waals surface area contributed by atoms with Gasteiger partial charge in [-0.1, -0.05) is 54.8 Å². The van der Waals surface area contributed by atoms with Crippen molar-refractivity contribution in [2.45, 2.75) is 44.2 Å². The minimum atomic E-state index is 0.0389. The highest BCUT2D eigenvalue weighted by Crippen LogP contribution is 2.47. The van der Waals surface area contributed by atoms with Crippen LogP contribution in [0.1, 0.15) is 36.8 Å². The second-order valence-corrected chi connectivity index (χ2v) is 9.58. The molecule has 4 nitrogen and oxygen atoms in total. The number of amides is 1. The SMILES string of the molecule is O=C(CN1CCN(Cc2ccc(Cl)cc2)CC1)N1c2ccccc2CC12CCCC2. The van der Waals surface area contributed by atoms with Crippen LogP contribution in [0.2, 0.25) is 5.02 Å². The van der Waals surface area contributed by atoms with Crippen molar-refractivity contribution in [3.8, 4) is 0 Å². The molecule has 2 heterocycles. The largest absolute Gasteiger partial charge is 0.305 e. The number of halogens is 1. The average molecular weight is 424 g/mol. The summed E-state index contributed by atoms with van der Waals surface area (Å²) in [4.78, 5) is 20.5. The summed E-state index contributed by atoms with van der Waals surface area (Å²) in [7, 11) is 0. The zero-order valence-corrected chi connectivity index (χ0v) is 18.3. The Bertz CT molecular complexity index is 899. The van der Waals surface area contributed by atoms with E-state index in [4.69, 9.17) is 11.6 Å². The van der Waals surface area contributed by atoms with Crippen molar-refractivity contribution in [2.24, 2.45) is 0 Å². The molecule has 2 aromatic carbocycles. The second kappa shape index (κ2) is 8.33. The molecule has 2 fully saturated rings. The van der Waals surface area contributed by atoms with E-state index in [1.54, 1.807) is 0 Å². The first-order valence-electron chi connectivity index (χ1n) is 11.2. The molecular weight excluding hydrogens is 394 g/mol. The molecule has 0 bridgehead atoms. The van der Waals surface area contributed by atoms with Gasteiger partial charge in [-0.2, -0.15) is 0 Å². The van der Waals surface area contributed by atoms with Crippen LogP contribution in [0.3, 0.4) is 0 Å². The molecule has 0 unspecified atom stereocenters. The number of hydrogen-bond donors (Lipinski definition) is 0. The first-order chi connectivity index (χ1) is 14.6. The number of piperazine rings is 1. The molecule has 1 aliphatic carbocycles. The van der Waals surface area contributed by atoms with Crippen LogP contribution < -0.4 is 4.90 Å². The third-order valence-corrected chi connectivity index (χ3v) is 7.41. The first kappa shape index (κ1) is 20.0. The van der Waals surface area contributed by atoms with Gasteiger partial charge in [-0.25, -0.2) is 0 Å². The lowest BCUT2D eigenvalue weighted by Gasteiger charge is -2.39. The number of benzene rings is 2. The third kappa shape index (κ3) is 3.89. The van der Waals surface area contributed by atoms with Gasteiger partial charge in [0.25, 0.3) is 0 Å². The van der Waals surface area contributed by atoms with E-state index in [2.05, 4.69) is 51.1 Å². The van der Waals surface area contributed by atoms with Crippen LogP contribution in [-0.2, 0) is 17.8 Å². The van der Waals surface area contributed by atoms with Crippen LogP contribution in [0.4, 0.5) is 5.69 Å². The van der Waals surface area contributed by atoms with Crippen LogP contribution in [0, 0.1) is 0 Å². The maximum absolute atomic E-state index is 13.5. The maximum atomic E-state index is 13.5. The van der Waals surface area contributed by atoms with E-state index in [9.17, 15) is 4.79 Å². The Hall–Kier alpha value is -1.88. The number of carbonyl (C=O) groups excluding carboxylic acids is 1. The van der Waals surface area contributed by atoms with E-state index in [0.717, 1.165) is 62.7 Å². The van der Waals surface area contributed by atoms with E-state index in [0.29, 0.717) is 6.54 Å². The fourth-order valence-electron chi connectivity index (χ4n) is 5.62. The number of rotatable bonds is 4. The van der Waals surface area contributed by atoms with Crippen LogP contribution in [0.25, 0.3) is 0 Å². The van der Waals surface area contributed by atoms with Crippen LogP contribution in [0.5, 0.6) is 0 Å². The summed E-state index contributed by atoms with van der Waals surface area (Å²) in [6.45, 7) is 5.37. The number of nitrogens with zero attached hydrogens (tertiary/aromatic N) is 3. The van der Waals surface area contributed by atoms with Gasteiger partial charge in [0.1, 0.15) is 0 Å². The molecule has 5 heteroatoms. The molecule has 30 heavy (non-hydrogen) atoms. The molecule has 0 N–H and O–H groups in total. The van der Waals surface area contributed by atoms with E-state index in [-0.39, 0.29) is 11.4 Å². The minimum Gasteiger partial charge on any atom is -0.305 e. The maximum Gasteiger partial charge on any atom is 0.241 e. The Morgan fingerprint density at radius 1 is 0.900 bits per heavy atom. The van der Waals surface area contributed by atoms with Gasteiger partial charge in [-0.15, -0.1) is 0 Å². The predicted molar refractivity (Wildman–Crippen MR) is 122 cm³/mol. The molecule has 1 amide bonds. The molecule has 5 rings (SSSR count). The van der Waals surface area contributed by atoms with Gasteiger partial charge in [0.05, 0.1) is 12.1 Å². The van der Waals surface area contributed by atoms with Gasteiger partial charge in [0.2, 0.25) is 5.91 Å². The highest BCUT2D eigenvalue weighted by atomic mass is 35.5. The van der Waals surface area contributed by atoms with E-state index >= 15 is 0 Å². The summed E-state index contributed by atoms with van der Waals surface area (Å²) < 4.78 is 0. The summed E-state index contributed by atoms with van der Waals surface area (Å²) in [6.07, 6.45) is 5.79. The van der Waals surface area contributed by atoms with Crippen LogP contribution in [0.15, 0.2) is 48.5 Å². The lowest BCUT2D eigenvalue weighted by Crippen LogP contribution is -2.54. The van der Waals surface area contributed by atoms with Crippen molar-refractivity contribution in [2.75, 3.05) is 37.6 Å². The van der Waals surface area contributed by atoms with Crippen molar-refractivity contribution in [3.63, 3.8) is 0 Å². The molecule has 0 aromatic heterocycles. The smallest absolute Gasteiger partial charge is 0.241 e. The van der Waals surface area contributed by atoms with Crippen LogP contribution in [-0.4, -0.2) is 54.0 Å². The van der Waals surface area contributed by atoms with Gasteiger partial charge in [0, 0.05) is 43.4 Å². The van der Waals surface area contributed by atoms with Crippen molar-refractivity contribution in [1.82, 2.24) is 9.80 Å². The Labute approximate surface area is 184 Å². The Balaban J connectivity index is 1.21. The monoisotopic (exact) mass is 423 g/mol. The summed E-state index contributed by atoms with van der Waals surface area (Å²) in [5.74, 6) is 0.285. The quantitative estimate of drug-likeness (QED) is 0.731. The van der Waals surface area contributed by atoms with Gasteiger partial charge < -0.3 is 4.90 Å². The molecule has 1 saturated heterocycles. The zero-order valence-electron chi connectivity index (χ0n) is 17.5. The fourth-order valence-corrected chi connectivity index (χ4v) is 5.74. The summed E-state index contributed by atoms with van der Waals surface area (Å²) in [6, 6.07) is 16.6. The topological polar surface area (TPSA) is 26.8 Å². The average Bonchev–Trinajstić information content (AvgIpc) is 3.35. The zero-order chi connectivity index (χ0) is 20.6. The molecular formula is C25H30ClN3O. The van der Waals surface area contributed by atoms with Crippen molar-refractivity contribution >= 4 is 23.2 Å². The first-order valence-corrected chi connectivity index (χ1v) is 11.6. The molecule has 1 saturated carbocycles. The predicted octanol–water partition coefficient (Wildman–Crippen LogP) is 4.36. The van der Waals surface area contributed by atoms with Crippen molar-refractivity contribution < 1.29 is 4.79 Å². The van der Waals surface area contributed by atoms with Gasteiger partial charge in [0.15, 0.2) is 0 Å². The number of fused-ring (bicyclic) bond motifs is 1. The Kier molecular flexibility index (Phi) is 5.57. The summed E-state index contributed by atoms with van der Waals surface area (Å²) >= 11 is 6.00. The molecule has 3 aliphatic rings. The van der Waals surface area contributed by atoms with E-state index in [1.807, 2.05) is 12.1 Å². The third-order valence-electron chi connectivity index (χ3n) is 7.15. The van der Waals surface area contributed by atoms with Crippen molar-refractivity contribution in [3.05, 3.63) is 64.7 Å². The Morgan fingerprint density at radius 2 is 1.57 bits per heavy atom. The van der Waals surface area contributed by atoms with E-state index in [1.165, 1.54) is 24.0 Å². The molecule has 2 aromatic rings. The summed E-state index contributed by atoms with van der Waals surface area (Å²) in [5.41, 5.74) is 3.84. The van der Waals surface area contributed by atoms with Gasteiger partial charge in [-0.05, 0) is 48.6 Å². The highest BCUT2D eigenvalue weighted by Gasteiger charge is 2.48. The summed E-state index contributed by atoms with van der Waals surface area (Å²) in [5, 5.41) is 0.783. The van der Waals surface area contributed by atoms with E-state index < -0.39 is 0 Å². The Morgan fingerprint density at radius 3 is 2.30 bits per heavy atom. The number of carbonyl (C=O) groups is 1. The number of anilines is 1. The molecule has 158 valence electrons. The molecule has 1 spiro atoms. The standard InChI is InChI=1S/C25H30ClN3O/c26-22-9-7-20(8-10-22)18-27-13-15-28(16-14-27)19-24(30)29-23-6-2-1-5-21(23)17-25(29)11-3-4-12-25/h1-2,5-10H,3-4,11-19H2. The lowest BCUT2D eigenvalue weighted by atomic mass is 9.92. The number of para-hydroxylation sites is 1. The normalized spacial score (nSPS) is 21.3. The van der Waals surface area contributed by atoms with Gasteiger partial charge >= 0.3 is 0 Å². The van der Waals surface area contributed by atoms with Crippen LogP contribution >= 0.6 is 11.6 Å². The lowest BCUT2D eigenvalue weighted by molar-refractivity contribution is -0.121. The molecule has 2 aliphatic heterocycles. The second-order valence-electron chi connectivity index (χ2n) is 9.14. The molecule has 0 atom stereocenters. The molecule has 0 radical (unpaired) electrons.